The first-order valence-electron chi connectivity index (χ1n) is 6.48. The molecule has 0 heterocycles. The van der Waals surface area contributed by atoms with Crippen molar-refractivity contribution in [2.24, 2.45) is 0 Å². The Labute approximate surface area is 136 Å². The van der Waals surface area contributed by atoms with Gasteiger partial charge in [0.05, 0.1) is 11.6 Å². The average Bonchev–Trinajstić information content (AvgIpc) is 2.44. The topological polar surface area (TPSA) is 58.6 Å². The highest BCUT2D eigenvalue weighted by molar-refractivity contribution is 7.89. The standard InChI is InChI=1S/C13H20Cl2N2O3S/c1-4-16-9-10-7-11(14)8-12(13(10)15)21(18,19)17(2)5-6-20-3/h7-8,16H,4-6,9H2,1-3H3. The van der Waals surface area contributed by atoms with Gasteiger partial charge in [-0.05, 0) is 24.2 Å². The van der Waals surface area contributed by atoms with Crippen molar-refractivity contribution < 1.29 is 13.2 Å². The molecule has 0 aliphatic rings. The fourth-order valence-corrected chi connectivity index (χ4v) is 3.76. The summed E-state index contributed by atoms with van der Waals surface area (Å²) in [5, 5.41) is 3.64. The maximum Gasteiger partial charge on any atom is 0.244 e. The van der Waals surface area contributed by atoms with Crippen LogP contribution in [0.15, 0.2) is 17.0 Å². The summed E-state index contributed by atoms with van der Waals surface area (Å²) in [6, 6.07) is 3.04. The molecule has 0 amide bonds. The molecule has 120 valence electrons. The number of nitrogens with zero attached hydrogens (tertiary/aromatic N) is 1. The SMILES string of the molecule is CCNCc1cc(Cl)cc(S(=O)(=O)N(C)CCOC)c1Cl. The first-order chi connectivity index (χ1) is 9.84. The molecule has 0 aliphatic carbocycles. The molecule has 0 atom stereocenters. The van der Waals surface area contributed by atoms with Crippen LogP contribution in [0.25, 0.3) is 0 Å². The van der Waals surface area contributed by atoms with Crippen LogP contribution in [0.4, 0.5) is 0 Å². The molecule has 0 radical (unpaired) electrons. The van der Waals surface area contributed by atoms with Gasteiger partial charge >= 0.3 is 0 Å². The van der Waals surface area contributed by atoms with E-state index in [0.717, 1.165) is 6.54 Å². The lowest BCUT2D eigenvalue weighted by Crippen LogP contribution is -2.30. The summed E-state index contributed by atoms with van der Waals surface area (Å²) in [6.45, 7) is 3.70. The van der Waals surface area contributed by atoms with E-state index in [-0.39, 0.29) is 16.5 Å². The Morgan fingerprint density at radius 2 is 2.00 bits per heavy atom. The van der Waals surface area contributed by atoms with Crippen LogP contribution in [-0.2, 0) is 21.3 Å². The van der Waals surface area contributed by atoms with E-state index < -0.39 is 10.0 Å². The van der Waals surface area contributed by atoms with Crippen LogP contribution < -0.4 is 5.32 Å². The number of ether oxygens (including phenoxy) is 1. The summed E-state index contributed by atoms with van der Waals surface area (Å²) in [5.41, 5.74) is 0.657. The molecule has 1 rings (SSSR count). The van der Waals surface area contributed by atoms with E-state index in [1.807, 2.05) is 6.92 Å². The summed E-state index contributed by atoms with van der Waals surface area (Å²) < 4.78 is 31.2. The van der Waals surface area contributed by atoms with Crippen molar-refractivity contribution >= 4 is 33.2 Å². The van der Waals surface area contributed by atoms with E-state index in [1.165, 1.54) is 24.5 Å². The zero-order valence-corrected chi connectivity index (χ0v) is 14.6. The number of benzene rings is 1. The zero-order chi connectivity index (χ0) is 16.0. The minimum Gasteiger partial charge on any atom is -0.383 e. The normalized spacial score (nSPS) is 12.1. The molecular weight excluding hydrogens is 335 g/mol. The van der Waals surface area contributed by atoms with Crippen molar-refractivity contribution in [2.45, 2.75) is 18.4 Å². The maximum atomic E-state index is 12.5. The van der Waals surface area contributed by atoms with Crippen LogP contribution in [0.1, 0.15) is 12.5 Å². The molecule has 1 aromatic carbocycles. The Bertz CT molecular complexity index is 579. The summed E-state index contributed by atoms with van der Waals surface area (Å²) in [4.78, 5) is 0.0168. The summed E-state index contributed by atoms with van der Waals surface area (Å²) in [7, 11) is -0.706. The number of likely N-dealkylation sites (N-methyl/N-ethyl adjacent to an activating group) is 1. The first-order valence-corrected chi connectivity index (χ1v) is 8.68. The highest BCUT2D eigenvalue weighted by atomic mass is 35.5. The maximum absolute atomic E-state index is 12.5. The summed E-state index contributed by atoms with van der Waals surface area (Å²) >= 11 is 12.3. The highest BCUT2D eigenvalue weighted by Gasteiger charge is 2.25. The molecule has 0 aliphatic heterocycles. The lowest BCUT2D eigenvalue weighted by Gasteiger charge is -2.19. The second kappa shape index (κ2) is 8.31. The van der Waals surface area contributed by atoms with E-state index in [1.54, 1.807) is 6.07 Å². The van der Waals surface area contributed by atoms with Crippen LogP contribution in [0.3, 0.4) is 0 Å². The Kier molecular flexibility index (Phi) is 7.39. The van der Waals surface area contributed by atoms with Crippen LogP contribution in [0.2, 0.25) is 10.0 Å². The largest absolute Gasteiger partial charge is 0.383 e. The van der Waals surface area contributed by atoms with Crippen LogP contribution in [0.5, 0.6) is 0 Å². The molecule has 5 nitrogen and oxygen atoms in total. The number of hydrogen-bond acceptors (Lipinski definition) is 4. The van der Waals surface area contributed by atoms with Gasteiger partial charge < -0.3 is 10.1 Å². The Hall–Kier alpha value is -0.370. The third kappa shape index (κ3) is 4.81. The third-order valence-electron chi connectivity index (χ3n) is 2.94. The Morgan fingerprint density at radius 3 is 2.57 bits per heavy atom. The van der Waals surface area contributed by atoms with Gasteiger partial charge in [0.15, 0.2) is 0 Å². The van der Waals surface area contributed by atoms with E-state index in [4.69, 9.17) is 27.9 Å². The third-order valence-corrected chi connectivity index (χ3v) is 5.60. The van der Waals surface area contributed by atoms with E-state index >= 15 is 0 Å². The van der Waals surface area contributed by atoms with Gasteiger partial charge in [0.2, 0.25) is 10.0 Å². The fourth-order valence-electron chi connectivity index (χ4n) is 1.70. The number of methoxy groups -OCH3 is 1. The molecule has 1 N–H and O–H groups in total. The van der Waals surface area contributed by atoms with E-state index in [0.29, 0.717) is 23.7 Å². The lowest BCUT2D eigenvalue weighted by atomic mass is 10.2. The van der Waals surface area contributed by atoms with Crippen molar-refractivity contribution in [1.82, 2.24) is 9.62 Å². The van der Waals surface area contributed by atoms with Crippen LogP contribution in [0, 0.1) is 0 Å². The molecule has 0 saturated heterocycles. The van der Waals surface area contributed by atoms with Gasteiger partial charge in [-0.1, -0.05) is 30.1 Å². The van der Waals surface area contributed by atoms with Crippen molar-refractivity contribution in [3.63, 3.8) is 0 Å². The number of nitrogens with one attached hydrogen (secondary N) is 1. The minimum atomic E-state index is -3.70. The molecule has 8 heteroatoms. The molecule has 21 heavy (non-hydrogen) atoms. The molecule has 0 fully saturated rings. The molecule has 1 aromatic rings. The summed E-state index contributed by atoms with van der Waals surface area (Å²) in [5.74, 6) is 0. The number of rotatable bonds is 8. The molecule has 0 spiro atoms. The van der Waals surface area contributed by atoms with Gasteiger partial charge in [0, 0.05) is 32.3 Å². The quantitative estimate of drug-likeness (QED) is 0.778. The predicted molar refractivity (Wildman–Crippen MR) is 85.5 cm³/mol. The zero-order valence-electron chi connectivity index (χ0n) is 12.3. The second-order valence-corrected chi connectivity index (χ2v) is 7.30. The molecule has 0 unspecified atom stereocenters. The second-order valence-electron chi connectivity index (χ2n) is 4.48. The van der Waals surface area contributed by atoms with Crippen molar-refractivity contribution in [3.8, 4) is 0 Å². The smallest absolute Gasteiger partial charge is 0.244 e. The van der Waals surface area contributed by atoms with Gasteiger partial charge in [-0.3, -0.25) is 0 Å². The lowest BCUT2D eigenvalue weighted by molar-refractivity contribution is 0.185. The molecular formula is C13H20Cl2N2O3S. The minimum absolute atomic E-state index is 0.0168. The number of halogens is 2. The number of hydrogen-bond donors (Lipinski definition) is 1. The average molecular weight is 355 g/mol. The van der Waals surface area contributed by atoms with Crippen LogP contribution in [-0.4, -0.2) is 46.6 Å². The van der Waals surface area contributed by atoms with Gasteiger partial charge in [0.1, 0.15) is 4.90 Å². The van der Waals surface area contributed by atoms with Gasteiger partial charge in [-0.2, -0.15) is 4.31 Å². The van der Waals surface area contributed by atoms with Gasteiger partial charge in [-0.15, -0.1) is 0 Å². The van der Waals surface area contributed by atoms with E-state index in [9.17, 15) is 8.42 Å². The first kappa shape index (κ1) is 18.7. The predicted octanol–water partition coefficient (Wildman–Crippen LogP) is 2.37. The molecule has 0 bridgehead atoms. The van der Waals surface area contributed by atoms with Gasteiger partial charge in [0.25, 0.3) is 0 Å². The molecule has 0 saturated carbocycles. The van der Waals surface area contributed by atoms with Crippen molar-refractivity contribution in [3.05, 3.63) is 27.7 Å². The summed E-state index contributed by atoms with van der Waals surface area (Å²) in [6.07, 6.45) is 0. The highest BCUT2D eigenvalue weighted by Crippen LogP contribution is 2.31. The Morgan fingerprint density at radius 1 is 1.33 bits per heavy atom. The van der Waals surface area contributed by atoms with Crippen molar-refractivity contribution in [2.75, 3.05) is 33.9 Å². The molecule has 0 aromatic heterocycles. The number of sulfonamides is 1. The van der Waals surface area contributed by atoms with Crippen LogP contribution >= 0.6 is 23.2 Å². The monoisotopic (exact) mass is 354 g/mol. The Balaban J connectivity index is 3.19. The fraction of sp³-hybridized carbons (Fsp3) is 0.538. The van der Waals surface area contributed by atoms with Gasteiger partial charge in [-0.25, -0.2) is 8.42 Å². The van der Waals surface area contributed by atoms with Crippen molar-refractivity contribution in [1.29, 1.82) is 0 Å². The van der Waals surface area contributed by atoms with E-state index in [2.05, 4.69) is 5.32 Å².